The molecule has 0 radical (unpaired) electrons. The van der Waals surface area contributed by atoms with Crippen LogP contribution in [0.3, 0.4) is 0 Å². The molecule has 3 rings (SSSR count). The first-order valence-electron chi connectivity index (χ1n) is 8.39. The molecule has 0 spiro atoms. The normalized spacial score (nSPS) is 16.2. The van der Waals surface area contributed by atoms with Gasteiger partial charge in [0.05, 0.1) is 5.69 Å². The lowest BCUT2D eigenvalue weighted by Gasteiger charge is -2.32. The highest BCUT2D eigenvalue weighted by molar-refractivity contribution is 6.00. The summed E-state index contributed by atoms with van der Waals surface area (Å²) in [5.74, 6) is 0.427. The number of nitrogens with one attached hydrogen (secondary N) is 1. The van der Waals surface area contributed by atoms with Gasteiger partial charge >= 0.3 is 0 Å². The number of para-hydroxylation sites is 2. The number of carbonyl (C=O) groups is 2. The van der Waals surface area contributed by atoms with Crippen molar-refractivity contribution in [3.63, 3.8) is 0 Å². The van der Waals surface area contributed by atoms with Gasteiger partial charge in [-0.3, -0.25) is 9.59 Å². The largest absolute Gasteiger partial charge is 0.479 e. The van der Waals surface area contributed by atoms with Crippen LogP contribution in [0.25, 0.3) is 0 Å². The highest BCUT2D eigenvalue weighted by Gasteiger charge is 2.31. The molecular weight excluding hydrogens is 316 g/mol. The fraction of sp³-hybridized carbons (Fsp3) is 0.300. The first kappa shape index (κ1) is 17.0. The van der Waals surface area contributed by atoms with Crippen LogP contribution in [0.1, 0.15) is 24.5 Å². The zero-order chi connectivity index (χ0) is 18.0. The fourth-order valence-electron chi connectivity index (χ4n) is 3.07. The number of nitrogens with zero attached hydrogens (tertiary/aromatic N) is 1. The molecule has 0 fully saturated rings. The molecule has 1 N–H and O–H groups in total. The van der Waals surface area contributed by atoms with E-state index in [1.165, 1.54) is 0 Å². The first-order valence-corrected chi connectivity index (χ1v) is 8.39. The molecule has 2 amide bonds. The number of benzene rings is 2. The summed E-state index contributed by atoms with van der Waals surface area (Å²) in [7, 11) is 0. The van der Waals surface area contributed by atoms with Gasteiger partial charge in [-0.15, -0.1) is 0 Å². The van der Waals surface area contributed by atoms with E-state index < -0.39 is 6.10 Å². The highest BCUT2D eigenvalue weighted by Crippen LogP contribution is 2.33. The summed E-state index contributed by atoms with van der Waals surface area (Å²) in [5.41, 5.74) is 3.69. The maximum atomic E-state index is 12.4. The SMILES string of the molecule is Cc1cc(C)cc(NC(=O)CCN2C(=O)C(C)Oc3ccccc32)c1. The van der Waals surface area contributed by atoms with Gasteiger partial charge in [0.25, 0.3) is 5.91 Å². The Morgan fingerprint density at radius 3 is 2.56 bits per heavy atom. The van der Waals surface area contributed by atoms with Crippen LogP contribution in [0.5, 0.6) is 5.75 Å². The van der Waals surface area contributed by atoms with Crippen LogP contribution < -0.4 is 15.0 Å². The Bertz CT molecular complexity index is 796. The van der Waals surface area contributed by atoms with Crippen molar-refractivity contribution in [2.75, 3.05) is 16.8 Å². The van der Waals surface area contributed by atoms with Crippen molar-refractivity contribution in [1.29, 1.82) is 0 Å². The van der Waals surface area contributed by atoms with Crippen molar-refractivity contribution in [3.05, 3.63) is 53.6 Å². The number of hydrogen-bond donors (Lipinski definition) is 1. The Morgan fingerprint density at radius 1 is 1.16 bits per heavy atom. The van der Waals surface area contributed by atoms with Crippen LogP contribution in [0.15, 0.2) is 42.5 Å². The summed E-state index contributed by atoms with van der Waals surface area (Å²) in [5, 5.41) is 2.91. The monoisotopic (exact) mass is 338 g/mol. The fourth-order valence-corrected chi connectivity index (χ4v) is 3.07. The molecule has 1 aliphatic rings. The van der Waals surface area contributed by atoms with E-state index in [1.807, 2.05) is 50.2 Å². The summed E-state index contributed by atoms with van der Waals surface area (Å²) in [6, 6.07) is 13.3. The number of hydrogen-bond acceptors (Lipinski definition) is 3. The number of carbonyl (C=O) groups excluding carboxylic acids is 2. The van der Waals surface area contributed by atoms with E-state index in [4.69, 9.17) is 4.74 Å². The minimum atomic E-state index is -0.544. The predicted octanol–water partition coefficient (Wildman–Crippen LogP) is 3.45. The second-order valence-corrected chi connectivity index (χ2v) is 6.39. The lowest BCUT2D eigenvalue weighted by molar-refractivity contribution is -0.125. The summed E-state index contributed by atoms with van der Waals surface area (Å²) in [6.07, 6.45) is -0.322. The molecule has 25 heavy (non-hydrogen) atoms. The molecule has 0 aromatic heterocycles. The van der Waals surface area contributed by atoms with Crippen LogP contribution >= 0.6 is 0 Å². The zero-order valence-electron chi connectivity index (χ0n) is 14.7. The van der Waals surface area contributed by atoms with E-state index in [1.54, 1.807) is 11.8 Å². The maximum absolute atomic E-state index is 12.4. The third-order valence-corrected chi connectivity index (χ3v) is 4.14. The van der Waals surface area contributed by atoms with Gasteiger partial charge in [0.15, 0.2) is 6.10 Å². The van der Waals surface area contributed by atoms with Gasteiger partial charge in [-0.2, -0.15) is 0 Å². The smallest absolute Gasteiger partial charge is 0.267 e. The Balaban J connectivity index is 1.68. The number of rotatable bonds is 4. The topological polar surface area (TPSA) is 58.6 Å². The molecule has 5 heteroatoms. The highest BCUT2D eigenvalue weighted by atomic mass is 16.5. The summed E-state index contributed by atoms with van der Waals surface area (Å²) >= 11 is 0. The molecule has 0 aliphatic carbocycles. The van der Waals surface area contributed by atoms with E-state index in [-0.39, 0.29) is 18.2 Å². The van der Waals surface area contributed by atoms with E-state index in [0.29, 0.717) is 18.0 Å². The molecule has 1 atom stereocenters. The Morgan fingerprint density at radius 2 is 1.84 bits per heavy atom. The molecule has 5 nitrogen and oxygen atoms in total. The second kappa shape index (κ2) is 6.97. The molecule has 0 bridgehead atoms. The van der Waals surface area contributed by atoms with Gasteiger partial charge in [-0.05, 0) is 56.2 Å². The molecule has 1 aliphatic heterocycles. The molecule has 1 heterocycles. The van der Waals surface area contributed by atoms with Gasteiger partial charge < -0.3 is 15.0 Å². The van der Waals surface area contributed by atoms with Crippen molar-refractivity contribution >= 4 is 23.2 Å². The van der Waals surface area contributed by atoms with Gasteiger partial charge in [0, 0.05) is 18.7 Å². The van der Waals surface area contributed by atoms with Crippen molar-refractivity contribution in [2.24, 2.45) is 0 Å². The third kappa shape index (κ3) is 3.82. The van der Waals surface area contributed by atoms with E-state index in [9.17, 15) is 9.59 Å². The standard InChI is InChI=1S/C20H22N2O3/c1-13-10-14(2)12-16(11-13)21-19(23)8-9-22-17-6-4-5-7-18(17)25-15(3)20(22)24/h4-7,10-12,15H,8-9H2,1-3H3,(H,21,23). The average Bonchev–Trinajstić information content (AvgIpc) is 2.54. The lowest BCUT2D eigenvalue weighted by atomic mass is 10.1. The molecule has 2 aromatic rings. The van der Waals surface area contributed by atoms with E-state index in [0.717, 1.165) is 16.8 Å². The number of amides is 2. The zero-order valence-corrected chi connectivity index (χ0v) is 14.7. The van der Waals surface area contributed by atoms with Gasteiger partial charge in [0.1, 0.15) is 5.75 Å². The first-order chi connectivity index (χ1) is 11.9. The van der Waals surface area contributed by atoms with Crippen molar-refractivity contribution in [2.45, 2.75) is 33.3 Å². The molecule has 0 saturated heterocycles. The number of aryl methyl sites for hydroxylation is 2. The van der Waals surface area contributed by atoms with Crippen molar-refractivity contribution in [3.8, 4) is 5.75 Å². The summed E-state index contributed by atoms with van der Waals surface area (Å²) in [4.78, 5) is 26.3. The molecule has 130 valence electrons. The van der Waals surface area contributed by atoms with E-state index >= 15 is 0 Å². The van der Waals surface area contributed by atoms with Gasteiger partial charge in [-0.25, -0.2) is 0 Å². The third-order valence-electron chi connectivity index (χ3n) is 4.14. The molecule has 2 aromatic carbocycles. The second-order valence-electron chi connectivity index (χ2n) is 6.39. The van der Waals surface area contributed by atoms with Crippen molar-refractivity contribution < 1.29 is 14.3 Å². The Hall–Kier alpha value is -2.82. The van der Waals surface area contributed by atoms with Crippen LogP contribution in [0, 0.1) is 13.8 Å². The molecule has 0 saturated carbocycles. The van der Waals surface area contributed by atoms with Crippen LogP contribution in [0.4, 0.5) is 11.4 Å². The van der Waals surface area contributed by atoms with Crippen LogP contribution in [-0.2, 0) is 9.59 Å². The Labute approximate surface area is 147 Å². The minimum absolute atomic E-state index is 0.116. The maximum Gasteiger partial charge on any atom is 0.267 e. The minimum Gasteiger partial charge on any atom is -0.479 e. The van der Waals surface area contributed by atoms with Crippen LogP contribution in [0.2, 0.25) is 0 Å². The average molecular weight is 338 g/mol. The number of fused-ring (bicyclic) bond motifs is 1. The quantitative estimate of drug-likeness (QED) is 0.929. The van der Waals surface area contributed by atoms with Gasteiger partial charge in [-0.1, -0.05) is 18.2 Å². The Kier molecular flexibility index (Phi) is 4.74. The summed E-state index contributed by atoms with van der Waals surface area (Å²) < 4.78 is 5.61. The number of ether oxygens (including phenoxy) is 1. The molecule has 1 unspecified atom stereocenters. The summed E-state index contributed by atoms with van der Waals surface area (Å²) in [6.45, 7) is 6.03. The predicted molar refractivity (Wildman–Crippen MR) is 98.0 cm³/mol. The van der Waals surface area contributed by atoms with Crippen molar-refractivity contribution in [1.82, 2.24) is 0 Å². The lowest BCUT2D eigenvalue weighted by Crippen LogP contribution is -2.45. The van der Waals surface area contributed by atoms with Crippen LogP contribution in [-0.4, -0.2) is 24.5 Å². The van der Waals surface area contributed by atoms with Gasteiger partial charge in [0.2, 0.25) is 5.91 Å². The number of anilines is 2. The van der Waals surface area contributed by atoms with E-state index in [2.05, 4.69) is 11.4 Å². The molecular formula is C20H22N2O3.